The molecule has 0 aliphatic heterocycles. The quantitative estimate of drug-likeness (QED) is 0.590. The molecule has 0 amide bonds. The summed E-state index contributed by atoms with van der Waals surface area (Å²) < 4.78 is 1.83. The van der Waals surface area contributed by atoms with Gasteiger partial charge in [-0.05, 0) is 13.8 Å². The number of carbonyl (C=O) groups is 1. The second-order valence-corrected chi connectivity index (χ2v) is 3.26. The van der Waals surface area contributed by atoms with Crippen molar-refractivity contribution in [1.82, 2.24) is 9.55 Å². The fraction of sp³-hybridized carbons (Fsp3) is 0.500. The lowest BCUT2D eigenvalue weighted by Crippen LogP contribution is -2.18. The summed E-state index contributed by atoms with van der Waals surface area (Å²) in [4.78, 5) is 14.7. The summed E-state index contributed by atoms with van der Waals surface area (Å²) in [5.41, 5.74) is 0.358. The van der Waals surface area contributed by atoms with Gasteiger partial charge in [0.15, 0.2) is 0 Å². The van der Waals surface area contributed by atoms with E-state index in [-0.39, 0.29) is 0 Å². The maximum atomic E-state index is 10.6. The molecule has 0 aliphatic carbocycles. The number of nitrogens with zero attached hydrogens (tertiary/aromatic N) is 2. The average molecular weight is 152 g/mol. The molecule has 0 saturated heterocycles. The number of hydrogen-bond donors (Lipinski definition) is 0. The molecule has 1 aromatic rings. The second kappa shape index (κ2) is 2.49. The molecule has 0 bridgehead atoms. The molecular formula is C8H12N2O. The number of rotatable bonds is 2. The van der Waals surface area contributed by atoms with E-state index < -0.39 is 5.41 Å². The summed E-state index contributed by atoms with van der Waals surface area (Å²) in [6, 6.07) is 0. The number of aromatic nitrogens is 2. The average Bonchev–Trinajstić information content (AvgIpc) is 2.36. The third kappa shape index (κ3) is 1.48. The molecule has 0 aromatic carbocycles. The van der Waals surface area contributed by atoms with Gasteiger partial charge < -0.3 is 9.36 Å². The molecule has 60 valence electrons. The highest BCUT2D eigenvalue weighted by Gasteiger charge is 2.21. The van der Waals surface area contributed by atoms with Gasteiger partial charge >= 0.3 is 0 Å². The van der Waals surface area contributed by atoms with Crippen molar-refractivity contribution in [2.24, 2.45) is 7.05 Å². The third-order valence-electron chi connectivity index (χ3n) is 1.66. The minimum Gasteiger partial charge on any atom is -0.340 e. The van der Waals surface area contributed by atoms with Gasteiger partial charge in [0.2, 0.25) is 0 Å². The Kier molecular flexibility index (Phi) is 1.81. The first-order valence-corrected chi connectivity index (χ1v) is 3.51. The van der Waals surface area contributed by atoms with Crippen LogP contribution < -0.4 is 0 Å². The minimum atomic E-state index is -0.457. The number of aryl methyl sites for hydroxylation is 1. The summed E-state index contributed by atoms with van der Waals surface area (Å²) in [6.45, 7) is 3.70. The zero-order valence-corrected chi connectivity index (χ0v) is 7.03. The molecule has 0 fully saturated rings. The standard InChI is InChI=1S/C8H12N2O/c1-8(2,5-11)7-4-10(3)6-9-7/h4-6H,1-3H3. The summed E-state index contributed by atoms with van der Waals surface area (Å²) in [7, 11) is 1.89. The Labute approximate surface area is 66.1 Å². The minimum absolute atomic E-state index is 0.457. The van der Waals surface area contributed by atoms with E-state index in [2.05, 4.69) is 4.98 Å². The molecule has 1 rings (SSSR count). The summed E-state index contributed by atoms with van der Waals surface area (Å²) >= 11 is 0. The van der Waals surface area contributed by atoms with Crippen molar-refractivity contribution >= 4 is 6.29 Å². The van der Waals surface area contributed by atoms with Crippen LogP contribution in [0, 0.1) is 0 Å². The molecule has 0 N–H and O–H groups in total. The van der Waals surface area contributed by atoms with E-state index in [1.807, 2.05) is 31.7 Å². The maximum Gasteiger partial charge on any atom is 0.131 e. The molecule has 0 saturated carbocycles. The lowest BCUT2D eigenvalue weighted by atomic mass is 9.92. The van der Waals surface area contributed by atoms with Gasteiger partial charge in [-0.3, -0.25) is 0 Å². The zero-order valence-electron chi connectivity index (χ0n) is 7.03. The molecule has 0 spiro atoms. The molecule has 1 aromatic heterocycles. The highest BCUT2D eigenvalue weighted by molar-refractivity contribution is 5.65. The highest BCUT2D eigenvalue weighted by Crippen LogP contribution is 2.17. The zero-order chi connectivity index (χ0) is 8.48. The molecule has 0 radical (unpaired) electrons. The molecule has 0 unspecified atom stereocenters. The van der Waals surface area contributed by atoms with Crippen LogP contribution in [0.2, 0.25) is 0 Å². The van der Waals surface area contributed by atoms with E-state index in [4.69, 9.17) is 0 Å². The van der Waals surface area contributed by atoms with Gasteiger partial charge in [-0.2, -0.15) is 0 Å². The molecule has 11 heavy (non-hydrogen) atoms. The fourth-order valence-corrected chi connectivity index (χ4v) is 0.806. The van der Waals surface area contributed by atoms with Gasteiger partial charge in [0.1, 0.15) is 6.29 Å². The molecule has 1 heterocycles. The van der Waals surface area contributed by atoms with Crippen molar-refractivity contribution in [3.8, 4) is 0 Å². The van der Waals surface area contributed by atoms with E-state index in [0.29, 0.717) is 0 Å². The maximum absolute atomic E-state index is 10.6. The van der Waals surface area contributed by atoms with Crippen molar-refractivity contribution < 1.29 is 4.79 Å². The van der Waals surface area contributed by atoms with E-state index in [0.717, 1.165) is 12.0 Å². The first-order chi connectivity index (χ1) is 5.06. The Morgan fingerprint density at radius 1 is 1.64 bits per heavy atom. The van der Waals surface area contributed by atoms with Crippen LogP contribution in [-0.2, 0) is 17.3 Å². The van der Waals surface area contributed by atoms with Crippen LogP contribution in [-0.4, -0.2) is 15.8 Å². The first-order valence-electron chi connectivity index (χ1n) is 3.51. The van der Waals surface area contributed by atoms with Gasteiger partial charge in [0.25, 0.3) is 0 Å². The predicted molar refractivity (Wildman–Crippen MR) is 42.3 cm³/mol. The van der Waals surface area contributed by atoms with Gasteiger partial charge in [-0.15, -0.1) is 0 Å². The van der Waals surface area contributed by atoms with Gasteiger partial charge in [-0.1, -0.05) is 0 Å². The van der Waals surface area contributed by atoms with E-state index in [9.17, 15) is 4.79 Å². The second-order valence-electron chi connectivity index (χ2n) is 3.26. The Morgan fingerprint density at radius 2 is 2.27 bits per heavy atom. The van der Waals surface area contributed by atoms with Crippen molar-refractivity contribution in [3.63, 3.8) is 0 Å². The Balaban J connectivity index is 3.01. The Morgan fingerprint density at radius 3 is 2.64 bits per heavy atom. The van der Waals surface area contributed by atoms with Crippen LogP contribution in [0.4, 0.5) is 0 Å². The lowest BCUT2D eigenvalue weighted by Gasteiger charge is -2.12. The number of hydrogen-bond acceptors (Lipinski definition) is 2. The SMILES string of the molecule is Cn1cnc(C(C)(C)C=O)c1. The molecule has 3 heteroatoms. The van der Waals surface area contributed by atoms with Gasteiger partial charge in [0, 0.05) is 13.2 Å². The largest absolute Gasteiger partial charge is 0.340 e. The van der Waals surface area contributed by atoms with Crippen LogP contribution in [0.25, 0.3) is 0 Å². The Bertz CT molecular complexity index is 263. The number of carbonyl (C=O) groups excluding carboxylic acids is 1. The number of aldehydes is 1. The molecule has 0 aliphatic rings. The van der Waals surface area contributed by atoms with Crippen LogP contribution in [0.3, 0.4) is 0 Å². The monoisotopic (exact) mass is 152 g/mol. The Hall–Kier alpha value is -1.12. The van der Waals surface area contributed by atoms with Gasteiger partial charge in [0.05, 0.1) is 17.4 Å². The van der Waals surface area contributed by atoms with E-state index in [1.165, 1.54) is 0 Å². The molecule has 0 atom stereocenters. The van der Waals surface area contributed by atoms with Crippen LogP contribution in [0.15, 0.2) is 12.5 Å². The van der Waals surface area contributed by atoms with Crippen molar-refractivity contribution in [3.05, 3.63) is 18.2 Å². The van der Waals surface area contributed by atoms with Crippen molar-refractivity contribution in [2.75, 3.05) is 0 Å². The fourth-order valence-electron chi connectivity index (χ4n) is 0.806. The van der Waals surface area contributed by atoms with E-state index in [1.54, 1.807) is 6.33 Å². The lowest BCUT2D eigenvalue weighted by molar-refractivity contribution is -0.111. The summed E-state index contributed by atoms with van der Waals surface area (Å²) in [5.74, 6) is 0. The molecule has 3 nitrogen and oxygen atoms in total. The number of imidazole rings is 1. The highest BCUT2D eigenvalue weighted by atomic mass is 16.1. The van der Waals surface area contributed by atoms with Crippen LogP contribution >= 0.6 is 0 Å². The first kappa shape index (κ1) is 7.98. The van der Waals surface area contributed by atoms with E-state index >= 15 is 0 Å². The topological polar surface area (TPSA) is 34.9 Å². The van der Waals surface area contributed by atoms with Crippen LogP contribution in [0.1, 0.15) is 19.5 Å². The summed E-state index contributed by atoms with van der Waals surface area (Å²) in [6.07, 6.45) is 4.46. The van der Waals surface area contributed by atoms with Crippen molar-refractivity contribution in [1.29, 1.82) is 0 Å². The van der Waals surface area contributed by atoms with Crippen LogP contribution in [0.5, 0.6) is 0 Å². The molecular weight excluding hydrogens is 140 g/mol. The summed E-state index contributed by atoms with van der Waals surface area (Å²) in [5, 5.41) is 0. The normalized spacial score (nSPS) is 11.5. The van der Waals surface area contributed by atoms with Gasteiger partial charge in [-0.25, -0.2) is 4.98 Å². The smallest absolute Gasteiger partial charge is 0.131 e. The predicted octanol–water partition coefficient (Wildman–Crippen LogP) is 0.897. The third-order valence-corrected chi connectivity index (χ3v) is 1.66. The van der Waals surface area contributed by atoms with Crippen molar-refractivity contribution in [2.45, 2.75) is 19.3 Å².